The Labute approximate surface area is 283 Å². The number of nitrogens with zero attached hydrogens (tertiary/aromatic N) is 2. The molecule has 0 spiro atoms. The first-order valence-corrected chi connectivity index (χ1v) is 15.3. The van der Waals surface area contributed by atoms with Gasteiger partial charge >= 0.3 is 12.0 Å². The average Bonchev–Trinajstić information content (AvgIpc) is 3.03. The van der Waals surface area contributed by atoms with Crippen LogP contribution in [0, 0.1) is 10.1 Å². The molecule has 16 heteroatoms. The molecule has 0 radical (unpaired) electrons. The van der Waals surface area contributed by atoms with E-state index >= 15 is 0 Å². The molecule has 1 aliphatic heterocycles. The van der Waals surface area contributed by atoms with Crippen LogP contribution in [0.4, 0.5) is 10.5 Å². The van der Waals surface area contributed by atoms with Gasteiger partial charge in [0.15, 0.2) is 23.5 Å². The highest BCUT2D eigenvalue weighted by Gasteiger charge is 2.32. The molecule has 4 N–H and O–H groups in total. The fraction of sp³-hybridized carbons (Fsp3) is 0.258. The van der Waals surface area contributed by atoms with Crippen molar-refractivity contribution in [3.63, 3.8) is 0 Å². The summed E-state index contributed by atoms with van der Waals surface area (Å²) < 4.78 is 22.7. The number of hydrogen-bond acceptors (Lipinski definition) is 11. The number of esters is 1. The minimum atomic E-state index is -1.21. The van der Waals surface area contributed by atoms with Gasteiger partial charge in [-0.15, -0.1) is 0 Å². The molecular weight excluding hydrogens is 702 g/mol. The van der Waals surface area contributed by atoms with Crippen molar-refractivity contribution in [2.45, 2.75) is 32.7 Å². The third-order valence-electron chi connectivity index (χ3n) is 6.63. The standard InChI is InChI=1S/C31H31BrClN5O9/c1-4-45-25-13-20(28-27(30(40)44-3)17(2)35-31(41)36-28)8-9-24(25)46-16-26(39)37-34-14-19-11-22(32)29(23(33)12-19)47-15-18-6-5-7-21(10-18)38(42)43/h5-14,26,28,37,39H,4,15-16H2,1-3H3,(H2,35,36,41)/b34-14-/t26-,28+/m1/s1. The predicted molar refractivity (Wildman–Crippen MR) is 176 cm³/mol. The third-order valence-corrected chi connectivity index (χ3v) is 7.50. The third kappa shape index (κ3) is 9.12. The number of benzene rings is 3. The Hall–Kier alpha value is -4.86. The number of nitro groups is 1. The van der Waals surface area contributed by atoms with Gasteiger partial charge < -0.3 is 34.7 Å². The van der Waals surface area contributed by atoms with E-state index in [9.17, 15) is 24.8 Å². The lowest BCUT2D eigenvalue weighted by Crippen LogP contribution is -2.45. The van der Waals surface area contributed by atoms with Crippen LogP contribution in [0.5, 0.6) is 17.2 Å². The summed E-state index contributed by atoms with van der Waals surface area (Å²) in [7, 11) is 1.26. The molecule has 3 aromatic rings. The number of carbonyl (C=O) groups is 2. The molecule has 1 aliphatic rings. The number of amides is 2. The lowest BCUT2D eigenvalue weighted by molar-refractivity contribution is -0.384. The molecule has 0 fully saturated rings. The molecule has 0 saturated carbocycles. The van der Waals surface area contributed by atoms with Crippen molar-refractivity contribution in [3.05, 3.63) is 102 Å². The van der Waals surface area contributed by atoms with E-state index in [0.29, 0.717) is 50.7 Å². The summed E-state index contributed by atoms with van der Waals surface area (Å²) in [6.45, 7) is 3.56. The maximum Gasteiger partial charge on any atom is 0.337 e. The highest BCUT2D eigenvalue weighted by atomic mass is 79.9. The Morgan fingerprint density at radius 3 is 2.68 bits per heavy atom. The topological polar surface area (TPSA) is 183 Å². The number of allylic oxidation sites excluding steroid dienone is 1. The van der Waals surface area contributed by atoms with Gasteiger partial charge in [0.1, 0.15) is 13.2 Å². The Kier molecular flexibility index (Phi) is 12.0. The summed E-state index contributed by atoms with van der Waals surface area (Å²) in [5.74, 6) is 0.410. The maximum atomic E-state index is 12.4. The Bertz CT molecular complexity index is 1700. The van der Waals surface area contributed by atoms with Gasteiger partial charge in [0.2, 0.25) is 0 Å². The normalized spacial score (nSPS) is 15.0. The Morgan fingerprint density at radius 1 is 1.19 bits per heavy atom. The minimum Gasteiger partial charge on any atom is -0.490 e. The first-order chi connectivity index (χ1) is 22.5. The molecule has 0 aliphatic carbocycles. The van der Waals surface area contributed by atoms with E-state index in [0.717, 1.165) is 0 Å². The second kappa shape index (κ2) is 16.1. The number of nitrogens with one attached hydrogen (secondary N) is 3. The highest BCUT2D eigenvalue weighted by molar-refractivity contribution is 9.10. The summed E-state index contributed by atoms with van der Waals surface area (Å²) in [6.07, 6.45) is 0.226. The maximum absolute atomic E-state index is 12.4. The van der Waals surface area contributed by atoms with Gasteiger partial charge in [-0.25, -0.2) is 9.59 Å². The number of nitro benzene ring substituents is 1. The van der Waals surface area contributed by atoms with Crippen LogP contribution in [0.2, 0.25) is 5.02 Å². The fourth-order valence-electron chi connectivity index (χ4n) is 4.53. The van der Waals surface area contributed by atoms with E-state index in [4.69, 9.17) is 30.5 Å². The lowest BCUT2D eigenvalue weighted by atomic mass is 9.95. The van der Waals surface area contributed by atoms with Crippen LogP contribution in [-0.2, 0) is 16.1 Å². The number of ether oxygens (including phenoxy) is 4. The molecule has 47 heavy (non-hydrogen) atoms. The van der Waals surface area contributed by atoms with Crippen LogP contribution in [0.25, 0.3) is 0 Å². The molecule has 0 unspecified atom stereocenters. The Balaban J connectivity index is 1.37. The second-order valence-electron chi connectivity index (χ2n) is 9.94. The van der Waals surface area contributed by atoms with E-state index < -0.39 is 29.2 Å². The molecule has 1 heterocycles. The molecule has 0 aromatic heterocycles. The van der Waals surface area contributed by atoms with Crippen LogP contribution in [0.3, 0.4) is 0 Å². The monoisotopic (exact) mass is 731 g/mol. The first-order valence-electron chi connectivity index (χ1n) is 14.1. The quantitative estimate of drug-likeness (QED) is 0.0572. The number of rotatable bonds is 14. The molecule has 0 saturated heterocycles. The van der Waals surface area contributed by atoms with E-state index in [-0.39, 0.29) is 29.5 Å². The van der Waals surface area contributed by atoms with Crippen LogP contribution in [-0.4, -0.2) is 54.8 Å². The van der Waals surface area contributed by atoms with E-state index in [1.54, 1.807) is 56.3 Å². The molecule has 4 rings (SSSR count). The van der Waals surface area contributed by atoms with E-state index in [1.165, 1.54) is 25.5 Å². The highest BCUT2D eigenvalue weighted by Crippen LogP contribution is 2.36. The van der Waals surface area contributed by atoms with Crippen LogP contribution in [0.1, 0.15) is 36.6 Å². The number of methoxy groups -OCH3 is 1. The number of aliphatic hydroxyl groups excluding tert-OH is 1. The summed E-state index contributed by atoms with van der Waals surface area (Å²) in [5.41, 5.74) is 4.89. The van der Waals surface area contributed by atoms with Crippen LogP contribution >= 0.6 is 27.5 Å². The Morgan fingerprint density at radius 2 is 1.98 bits per heavy atom. The summed E-state index contributed by atoms with van der Waals surface area (Å²) >= 11 is 9.83. The molecule has 2 atom stereocenters. The van der Waals surface area contributed by atoms with Gasteiger partial charge in [-0.1, -0.05) is 29.8 Å². The zero-order chi connectivity index (χ0) is 34.1. The largest absolute Gasteiger partial charge is 0.490 e. The van der Waals surface area contributed by atoms with Crippen LogP contribution < -0.4 is 30.3 Å². The SMILES string of the molecule is CCOc1cc([C@@H]2NC(=O)NC(C)=C2C(=O)OC)ccc1OC[C@@H](O)N/N=C\c1cc(Cl)c(OCc2cccc([N+](=O)[O-])c2)c(Br)c1. The van der Waals surface area contributed by atoms with Crippen molar-refractivity contribution in [1.82, 2.24) is 16.1 Å². The summed E-state index contributed by atoms with van der Waals surface area (Å²) in [6, 6.07) is 13.1. The van der Waals surface area contributed by atoms with Crippen molar-refractivity contribution in [2.75, 3.05) is 20.3 Å². The lowest BCUT2D eigenvalue weighted by Gasteiger charge is -2.28. The van der Waals surface area contributed by atoms with Gasteiger partial charge in [-0.3, -0.25) is 15.5 Å². The van der Waals surface area contributed by atoms with Crippen molar-refractivity contribution in [1.29, 1.82) is 0 Å². The number of urea groups is 1. The van der Waals surface area contributed by atoms with Crippen LogP contribution in [0.15, 0.2) is 75.4 Å². The second-order valence-corrected chi connectivity index (χ2v) is 11.2. The summed E-state index contributed by atoms with van der Waals surface area (Å²) in [4.78, 5) is 35.1. The molecule has 248 valence electrons. The molecule has 0 bridgehead atoms. The minimum absolute atomic E-state index is 0.0391. The summed E-state index contributed by atoms with van der Waals surface area (Å²) in [5, 5.41) is 31.1. The molecule has 3 aromatic carbocycles. The average molecular weight is 733 g/mol. The number of non-ortho nitro benzene ring substituents is 1. The van der Waals surface area contributed by atoms with Crippen molar-refractivity contribution in [3.8, 4) is 17.2 Å². The number of carbonyl (C=O) groups excluding carboxylic acids is 2. The number of halogens is 2. The van der Waals surface area contributed by atoms with E-state index in [2.05, 4.69) is 37.1 Å². The predicted octanol–water partition coefficient (Wildman–Crippen LogP) is 5.11. The van der Waals surface area contributed by atoms with Gasteiger partial charge in [0.05, 0.1) is 46.0 Å². The fourth-order valence-corrected chi connectivity index (χ4v) is 5.52. The van der Waals surface area contributed by atoms with Gasteiger partial charge in [-0.05, 0) is 70.7 Å². The first kappa shape index (κ1) is 35.0. The number of hydrogen-bond donors (Lipinski definition) is 4. The van der Waals surface area contributed by atoms with Crippen molar-refractivity contribution >= 4 is 51.4 Å². The van der Waals surface area contributed by atoms with Gasteiger partial charge in [0, 0.05) is 17.8 Å². The molecular formula is C31H31BrClN5O9. The van der Waals surface area contributed by atoms with Crippen molar-refractivity contribution in [2.24, 2.45) is 5.10 Å². The van der Waals surface area contributed by atoms with Crippen molar-refractivity contribution < 1.29 is 38.6 Å². The molecule has 14 nitrogen and oxygen atoms in total. The zero-order valence-electron chi connectivity index (χ0n) is 25.4. The van der Waals surface area contributed by atoms with Gasteiger partial charge in [0.25, 0.3) is 5.69 Å². The molecule has 2 amide bonds. The number of hydrazone groups is 1. The smallest absolute Gasteiger partial charge is 0.337 e. The zero-order valence-corrected chi connectivity index (χ0v) is 27.8. The number of aliphatic hydroxyl groups is 1. The van der Waals surface area contributed by atoms with E-state index in [1.807, 2.05) is 0 Å². The van der Waals surface area contributed by atoms with Gasteiger partial charge in [-0.2, -0.15) is 5.10 Å².